The monoisotopic (exact) mass is 522 g/mol. The van der Waals surface area contributed by atoms with Crippen molar-refractivity contribution in [2.45, 2.75) is 49.5 Å². The van der Waals surface area contributed by atoms with Crippen LogP contribution in [-0.4, -0.2) is 50.1 Å². The summed E-state index contributed by atoms with van der Waals surface area (Å²) in [7, 11) is -3.69. The maximum atomic E-state index is 14.6. The van der Waals surface area contributed by atoms with E-state index in [1.807, 2.05) is 0 Å². The lowest BCUT2D eigenvalue weighted by atomic mass is 9.77. The van der Waals surface area contributed by atoms with E-state index >= 15 is 0 Å². The number of carbonyl (C=O) groups excluding carboxylic acids is 1. The van der Waals surface area contributed by atoms with Crippen LogP contribution in [0.3, 0.4) is 0 Å². The van der Waals surface area contributed by atoms with Crippen LogP contribution < -0.4 is 10.1 Å². The summed E-state index contributed by atoms with van der Waals surface area (Å²) in [6.07, 6.45) is -3.67. The second kappa shape index (κ2) is 9.34. The van der Waals surface area contributed by atoms with Gasteiger partial charge in [-0.15, -0.1) is 0 Å². The molecular formula is C22H23F5N2O5S. The number of hydrogen-bond donors (Lipinski definition) is 1. The molecule has 192 valence electrons. The van der Waals surface area contributed by atoms with Crippen molar-refractivity contribution in [3.8, 4) is 5.75 Å². The normalized spacial score (nSPS) is 24.9. The van der Waals surface area contributed by atoms with Gasteiger partial charge in [0.2, 0.25) is 5.82 Å². The van der Waals surface area contributed by atoms with Crippen molar-refractivity contribution in [1.82, 2.24) is 4.98 Å². The van der Waals surface area contributed by atoms with Crippen molar-refractivity contribution < 1.29 is 44.6 Å². The van der Waals surface area contributed by atoms with Gasteiger partial charge in [0.1, 0.15) is 6.10 Å². The zero-order valence-electron chi connectivity index (χ0n) is 19.1. The van der Waals surface area contributed by atoms with Gasteiger partial charge < -0.3 is 14.8 Å². The highest BCUT2D eigenvalue weighted by Gasteiger charge is 2.65. The Hall–Kier alpha value is -2.80. The number of halogens is 5. The Morgan fingerprint density at radius 2 is 1.91 bits per heavy atom. The van der Waals surface area contributed by atoms with Gasteiger partial charge in [0.05, 0.1) is 23.4 Å². The van der Waals surface area contributed by atoms with Crippen LogP contribution in [0, 0.1) is 17.6 Å². The van der Waals surface area contributed by atoms with Crippen LogP contribution in [0.1, 0.15) is 32.3 Å². The zero-order chi connectivity index (χ0) is 26.3. The Balaban J connectivity index is 2.10. The summed E-state index contributed by atoms with van der Waals surface area (Å²) in [5, 5.41) is 2.32. The van der Waals surface area contributed by atoms with E-state index in [1.165, 1.54) is 13.8 Å². The Bertz CT molecular complexity index is 1240. The number of carbonyl (C=O) groups is 1. The van der Waals surface area contributed by atoms with Gasteiger partial charge in [-0.25, -0.2) is 12.8 Å². The predicted octanol–water partition coefficient (Wildman–Crippen LogP) is 4.24. The Morgan fingerprint density at radius 3 is 2.49 bits per heavy atom. The average Bonchev–Trinajstić information content (AvgIpc) is 3.03. The highest BCUT2D eigenvalue weighted by Crippen LogP contribution is 2.55. The molecule has 1 fully saturated rings. The maximum Gasteiger partial charge on any atom is 0.417 e. The van der Waals surface area contributed by atoms with E-state index in [4.69, 9.17) is 9.47 Å². The number of pyridine rings is 1. The molecule has 35 heavy (non-hydrogen) atoms. The molecule has 1 amide bonds. The highest BCUT2D eigenvalue weighted by atomic mass is 32.2. The fourth-order valence-corrected chi connectivity index (χ4v) is 4.62. The van der Waals surface area contributed by atoms with E-state index < -0.39 is 62.8 Å². The second-order valence-corrected chi connectivity index (χ2v) is 10.4. The Kier molecular flexibility index (Phi) is 7.15. The molecule has 0 aliphatic carbocycles. The Morgan fingerprint density at radius 1 is 1.26 bits per heavy atom. The molecule has 0 saturated carbocycles. The first-order chi connectivity index (χ1) is 16.1. The van der Waals surface area contributed by atoms with Crippen LogP contribution in [0.15, 0.2) is 35.5 Å². The van der Waals surface area contributed by atoms with E-state index in [1.54, 1.807) is 0 Å². The van der Waals surface area contributed by atoms with Crippen molar-refractivity contribution in [2.75, 3.05) is 18.2 Å². The summed E-state index contributed by atoms with van der Waals surface area (Å²) < 4.78 is 105. The number of nitrogens with one attached hydrogen (secondary N) is 1. The van der Waals surface area contributed by atoms with E-state index in [0.29, 0.717) is 0 Å². The summed E-state index contributed by atoms with van der Waals surface area (Å²) >= 11 is 0. The lowest BCUT2D eigenvalue weighted by molar-refractivity contribution is -0.272. The lowest BCUT2D eigenvalue weighted by Crippen LogP contribution is -2.47. The number of nitrogens with zero attached hydrogens (tertiary/aromatic N) is 1. The predicted molar refractivity (Wildman–Crippen MR) is 115 cm³/mol. The molecule has 2 aromatic rings. The van der Waals surface area contributed by atoms with E-state index in [-0.39, 0.29) is 22.8 Å². The van der Waals surface area contributed by atoms with Crippen LogP contribution in [-0.2, 0) is 19.4 Å². The third kappa shape index (κ3) is 4.96. The highest BCUT2D eigenvalue weighted by molar-refractivity contribution is 7.90. The molecule has 1 aliphatic heterocycles. The molecule has 1 aromatic carbocycles. The van der Waals surface area contributed by atoms with Gasteiger partial charge in [-0.05, 0) is 26.0 Å². The first-order valence-electron chi connectivity index (χ1n) is 10.4. The lowest BCUT2D eigenvalue weighted by Gasteiger charge is -2.32. The number of alkyl halides is 3. The fraction of sp³-hybridized carbons (Fsp3) is 0.455. The van der Waals surface area contributed by atoms with Crippen LogP contribution in [0.5, 0.6) is 5.75 Å². The van der Waals surface area contributed by atoms with Crippen LogP contribution in [0.25, 0.3) is 0 Å². The summed E-state index contributed by atoms with van der Waals surface area (Å²) in [5.74, 6) is -7.17. The molecule has 7 nitrogen and oxygen atoms in total. The van der Waals surface area contributed by atoms with Crippen molar-refractivity contribution >= 4 is 21.4 Å². The van der Waals surface area contributed by atoms with Crippen molar-refractivity contribution in [3.63, 3.8) is 0 Å². The molecule has 3 rings (SSSR count). The molecule has 0 radical (unpaired) electrons. The van der Waals surface area contributed by atoms with Gasteiger partial charge in [-0.3, -0.25) is 9.78 Å². The van der Waals surface area contributed by atoms with Gasteiger partial charge in [-0.2, -0.15) is 17.6 Å². The number of hydrogen-bond acceptors (Lipinski definition) is 6. The Labute approximate surface area is 198 Å². The van der Waals surface area contributed by atoms with Crippen molar-refractivity contribution in [1.29, 1.82) is 0 Å². The number of benzene rings is 1. The molecule has 4 atom stereocenters. The topological polar surface area (TPSA) is 94.6 Å². The summed E-state index contributed by atoms with van der Waals surface area (Å²) in [5.41, 5.74) is -3.10. The third-order valence-electron chi connectivity index (χ3n) is 6.06. The third-order valence-corrected chi connectivity index (χ3v) is 7.14. The SMILES string of the molecule is CCOc1c([C@H]2[C@H](C(=O)Nc3cncc(S(C)(=O)=O)c3)O[C@@](C)(C(F)(F)F)[C@H]2C)ccc(F)c1F. The van der Waals surface area contributed by atoms with Gasteiger partial charge in [0.25, 0.3) is 5.91 Å². The minimum atomic E-state index is -4.91. The zero-order valence-corrected chi connectivity index (χ0v) is 19.9. The molecule has 1 aliphatic rings. The molecule has 0 spiro atoms. The van der Waals surface area contributed by atoms with Gasteiger partial charge in [0, 0.05) is 29.9 Å². The number of aromatic nitrogens is 1. The number of sulfone groups is 1. The second-order valence-electron chi connectivity index (χ2n) is 8.34. The molecule has 2 heterocycles. The number of rotatable bonds is 6. The van der Waals surface area contributed by atoms with Crippen LogP contribution in [0.2, 0.25) is 0 Å². The molecule has 1 saturated heterocycles. The first-order valence-corrected chi connectivity index (χ1v) is 12.3. The van der Waals surface area contributed by atoms with Crippen molar-refractivity contribution in [2.24, 2.45) is 5.92 Å². The number of ether oxygens (including phenoxy) is 2. The summed E-state index contributed by atoms with van der Waals surface area (Å²) in [4.78, 5) is 16.6. The van der Waals surface area contributed by atoms with Crippen molar-refractivity contribution in [3.05, 3.63) is 47.8 Å². The molecule has 1 aromatic heterocycles. The smallest absolute Gasteiger partial charge is 0.417 e. The summed E-state index contributed by atoms with van der Waals surface area (Å²) in [6.45, 7) is 3.32. The summed E-state index contributed by atoms with van der Waals surface area (Å²) in [6, 6.07) is 2.87. The molecule has 0 bridgehead atoms. The average molecular weight is 522 g/mol. The minimum Gasteiger partial charge on any atom is -0.490 e. The molecular weight excluding hydrogens is 499 g/mol. The van der Waals surface area contributed by atoms with Gasteiger partial charge in [-0.1, -0.05) is 13.0 Å². The van der Waals surface area contributed by atoms with Gasteiger partial charge in [0.15, 0.2) is 27.0 Å². The first kappa shape index (κ1) is 26.8. The van der Waals surface area contributed by atoms with Crippen LogP contribution >= 0.6 is 0 Å². The largest absolute Gasteiger partial charge is 0.490 e. The maximum absolute atomic E-state index is 14.6. The molecule has 13 heteroatoms. The number of amides is 1. The quantitative estimate of drug-likeness (QED) is 0.571. The minimum absolute atomic E-state index is 0.108. The number of anilines is 1. The molecule has 1 N–H and O–H groups in total. The molecule has 0 unspecified atom stereocenters. The standard InChI is InChI=1S/C22H23F5N2O5S/c1-5-33-18-14(6-7-15(23)17(18)24)16-11(2)21(3,22(25,26)27)34-19(16)20(30)29-12-8-13(10-28-9-12)35(4,31)32/h6-11,16,19H,5H2,1-4H3,(H,29,30)/t11-,16-,19+,21+/m0/s1. The fourth-order valence-electron chi connectivity index (χ4n) is 4.03. The van der Waals surface area contributed by atoms with E-state index in [0.717, 1.165) is 43.8 Å². The van der Waals surface area contributed by atoms with E-state index in [9.17, 15) is 35.2 Å². The van der Waals surface area contributed by atoms with Crippen LogP contribution in [0.4, 0.5) is 27.6 Å². The van der Waals surface area contributed by atoms with Gasteiger partial charge >= 0.3 is 6.18 Å². The van der Waals surface area contributed by atoms with E-state index in [2.05, 4.69) is 10.3 Å².